The summed E-state index contributed by atoms with van der Waals surface area (Å²) in [7, 11) is 1.35. The van der Waals surface area contributed by atoms with Crippen LogP contribution in [0.2, 0.25) is 0 Å². The van der Waals surface area contributed by atoms with Gasteiger partial charge in [-0.2, -0.15) is 0 Å². The predicted octanol–water partition coefficient (Wildman–Crippen LogP) is 4.57. The number of unbranched alkanes of at least 4 members (excludes halogenated alkanes) is 6. The standard InChI is InChI=1S/C19H28O3/c1-3-4-5-6-7-8-12-15-17(19(21)22-2)18(20)16-13-10-9-11-14-16/h9-11,13-15,18,20H,3-8,12H2,1-2H3. The highest BCUT2D eigenvalue weighted by Crippen LogP contribution is 2.23. The van der Waals surface area contributed by atoms with Crippen molar-refractivity contribution in [3.8, 4) is 0 Å². The van der Waals surface area contributed by atoms with E-state index in [0.717, 1.165) is 19.3 Å². The second kappa shape index (κ2) is 11.0. The first-order chi connectivity index (χ1) is 10.7. The number of benzene rings is 1. The van der Waals surface area contributed by atoms with E-state index in [1.165, 1.54) is 32.8 Å². The van der Waals surface area contributed by atoms with E-state index < -0.39 is 12.1 Å². The summed E-state index contributed by atoms with van der Waals surface area (Å²) in [4.78, 5) is 11.9. The van der Waals surface area contributed by atoms with E-state index in [-0.39, 0.29) is 0 Å². The molecule has 1 aromatic rings. The molecular formula is C19H28O3. The Morgan fingerprint density at radius 2 is 1.77 bits per heavy atom. The number of aliphatic hydroxyl groups is 1. The number of methoxy groups -OCH3 is 1. The van der Waals surface area contributed by atoms with Crippen LogP contribution in [-0.2, 0) is 9.53 Å². The molecule has 0 aliphatic heterocycles. The van der Waals surface area contributed by atoms with Crippen LogP contribution in [0.15, 0.2) is 42.0 Å². The zero-order valence-electron chi connectivity index (χ0n) is 13.8. The number of hydrogen-bond donors (Lipinski definition) is 1. The van der Waals surface area contributed by atoms with Crippen LogP contribution in [0, 0.1) is 0 Å². The number of aliphatic hydroxyl groups excluding tert-OH is 1. The first-order valence-electron chi connectivity index (χ1n) is 8.22. The average Bonchev–Trinajstić information content (AvgIpc) is 2.57. The third kappa shape index (κ3) is 6.44. The van der Waals surface area contributed by atoms with Gasteiger partial charge in [0, 0.05) is 0 Å². The van der Waals surface area contributed by atoms with Crippen LogP contribution in [0.25, 0.3) is 0 Å². The molecule has 1 atom stereocenters. The molecule has 1 N–H and O–H groups in total. The summed E-state index contributed by atoms with van der Waals surface area (Å²) < 4.78 is 4.80. The van der Waals surface area contributed by atoms with E-state index >= 15 is 0 Å². The molecule has 0 spiro atoms. The molecule has 0 bridgehead atoms. The van der Waals surface area contributed by atoms with Gasteiger partial charge in [0.1, 0.15) is 6.10 Å². The van der Waals surface area contributed by atoms with Crippen molar-refractivity contribution in [2.75, 3.05) is 7.11 Å². The monoisotopic (exact) mass is 304 g/mol. The topological polar surface area (TPSA) is 46.5 Å². The van der Waals surface area contributed by atoms with Crippen LogP contribution in [-0.4, -0.2) is 18.2 Å². The SMILES string of the molecule is CCCCCCCCC=C(C(=O)OC)C(O)c1ccccc1. The summed E-state index contributed by atoms with van der Waals surface area (Å²) in [6.07, 6.45) is 8.93. The van der Waals surface area contributed by atoms with E-state index in [2.05, 4.69) is 6.92 Å². The molecule has 3 nitrogen and oxygen atoms in total. The van der Waals surface area contributed by atoms with Crippen molar-refractivity contribution >= 4 is 5.97 Å². The molecule has 0 radical (unpaired) electrons. The predicted molar refractivity (Wildman–Crippen MR) is 89.5 cm³/mol. The van der Waals surface area contributed by atoms with Crippen LogP contribution in [0.5, 0.6) is 0 Å². The third-order valence-corrected chi connectivity index (χ3v) is 3.75. The van der Waals surface area contributed by atoms with Crippen molar-refractivity contribution in [1.82, 2.24) is 0 Å². The van der Waals surface area contributed by atoms with Crippen molar-refractivity contribution in [1.29, 1.82) is 0 Å². The van der Waals surface area contributed by atoms with Gasteiger partial charge in [0.05, 0.1) is 12.7 Å². The average molecular weight is 304 g/mol. The Labute approximate surface area is 134 Å². The fourth-order valence-electron chi connectivity index (χ4n) is 2.42. The Morgan fingerprint density at radius 1 is 1.14 bits per heavy atom. The zero-order valence-corrected chi connectivity index (χ0v) is 13.8. The second-order valence-electron chi connectivity index (χ2n) is 5.52. The number of esters is 1. The largest absolute Gasteiger partial charge is 0.466 e. The molecule has 0 heterocycles. The Morgan fingerprint density at radius 3 is 2.41 bits per heavy atom. The van der Waals surface area contributed by atoms with Crippen LogP contribution >= 0.6 is 0 Å². The third-order valence-electron chi connectivity index (χ3n) is 3.75. The molecule has 22 heavy (non-hydrogen) atoms. The lowest BCUT2D eigenvalue weighted by Gasteiger charge is -2.13. The van der Waals surface area contributed by atoms with Crippen LogP contribution in [0.3, 0.4) is 0 Å². The van der Waals surface area contributed by atoms with Gasteiger partial charge in [0.25, 0.3) is 0 Å². The molecule has 1 aromatic carbocycles. The fourth-order valence-corrected chi connectivity index (χ4v) is 2.42. The van der Waals surface area contributed by atoms with Gasteiger partial charge in [0.2, 0.25) is 0 Å². The van der Waals surface area contributed by atoms with Crippen molar-refractivity contribution in [3.63, 3.8) is 0 Å². The molecule has 0 saturated heterocycles. The van der Waals surface area contributed by atoms with E-state index in [0.29, 0.717) is 11.1 Å². The summed E-state index contributed by atoms with van der Waals surface area (Å²) in [6, 6.07) is 9.20. The lowest BCUT2D eigenvalue weighted by Crippen LogP contribution is -2.13. The minimum atomic E-state index is -0.922. The summed E-state index contributed by atoms with van der Waals surface area (Å²) in [6.45, 7) is 2.20. The van der Waals surface area contributed by atoms with Gasteiger partial charge in [0.15, 0.2) is 0 Å². The minimum Gasteiger partial charge on any atom is -0.466 e. The van der Waals surface area contributed by atoms with Crippen molar-refractivity contribution in [2.24, 2.45) is 0 Å². The number of allylic oxidation sites excluding steroid dienone is 1. The number of hydrogen-bond acceptors (Lipinski definition) is 3. The highest BCUT2D eigenvalue weighted by molar-refractivity contribution is 5.89. The lowest BCUT2D eigenvalue weighted by molar-refractivity contribution is -0.137. The van der Waals surface area contributed by atoms with Gasteiger partial charge >= 0.3 is 5.97 Å². The number of ether oxygens (including phenoxy) is 1. The fraction of sp³-hybridized carbons (Fsp3) is 0.526. The highest BCUT2D eigenvalue weighted by Gasteiger charge is 2.20. The second-order valence-corrected chi connectivity index (χ2v) is 5.52. The quantitative estimate of drug-likeness (QED) is 0.391. The maximum Gasteiger partial charge on any atom is 0.336 e. The molecular weight excluding hydrogens is 276 g/mol. The highest BCUT2D eigenvalue weighted by atomic mass is 16.5. The maximum atomic E-state index is 11.9. The Bertz CT molecular complexity index is 451. The summed E-state index contributed by atoms with van der Waals surface area (Å²) >= 11 is 0. The van der Waals surface area contributed by atoms with Gasteiger partial charge in [-0.15, -0.1) is 0 Å². The zero-order chi connectivity index (χ0) is 16.2. The van der Waals surface area contributed by atoms with Crippen molar-refractivity contribution in [2.45, 2.75) is 58.0 Å². The Hall–Kier alpha value is -1.61. The molecule has 1 unspecified atom stereocenters. The molecule has 0 saturated carbocycles. The number of rotatable bonds is 10. The van der Waals surface area contributed by atoms with Crippen molar-refractivity contribution < 1.29 is 14.6 Å². The first kappa shape index (κ1) is 18.4. The van der Waals surface area contributed by atoms with Gasteiger partial charge < -0.3 is 9.84 Å². The Balaban J connectivity index is 2.57. The molecule has 0 amide bonds. The minimum absolute atomic E-state index is 0.335. The van der Waals surface area contributed by atoms with E-state index in [1.807, 2.05) is 36.4 Å². The van der Waals surface area contributed by atoms with Gasteiger partial charge in [-0.1, -0.05) is 75.4 Å². The summed E-state index contributed by atoms with van der Waals surface area (Å²) in [5.74, 6) is -0.456. The Kier molecular flexibility index (Phi) is 9.24. The van der Waals surface area contributed by atoms with Crippen molar-refractivity contribution in [3.05, 3.63) is 47.5 Å². The maximum absolute atomic E-state index is 11.9. The molecule has 0 aromatic heterocycles. The molecule has 0 aliphatic carbocycles. The normalized spacial score (nSPS) is 13.0. The smallest absolute Gasteiger partial charge is 0.336 e. The van der Waals surface area contributed by atoms with Crippen LogP contribution in [0.1, 0.15) is 63.5 Å². The number of carbonyl (C=O) groups is 1. The molecule has 1 rings (SSSR count). The first-order valence-corrected chi connectivity index (χ1v) is 8.22. The van der Waals surface area contributed by atoms with Gasteiger partial charge in [-0.3, -0.25) is 0 Å². The lowest BCUT2D eigenvalue weighted by atomic mass is 9.99. The molecule has 0 fully saturated rings. The molecule has 0 aliphatic rings. The van der Waals surface area contributed by atoms with Crippen LogP contribution in [0.4, 0.5) is 0 Å². The summed E-state index contributed by atoms with van der Waals surface area (Å²) in [5.41, 5.74) is 1.05. The van der Waals surface area contributed by atoms with E-state index in [4.69, 9.17) is 4.74 Å². The van der Waals surface area contributed by atoms with Crippen LogP contribution < -0.4 is 0 Å². The summed E-state index contributed by atoms with van der Waals surface area (Å²) in [5, 5.41) is 10.4. The van der Waals surface area contributed by atoms with E-state index in [9.17, 15) is 9.90 Å². The van der Waals surface area contributed by atoms with Gasteiger partial charge in [-0.25, -0.2) is 4.79 Å². The van der Waals surface area contributed by atoms with Gasteiger partial charge in [-0.05, 0) is 18.4 Å². The molecule has 122 valence electrons. The molecule has 3 heteroatoms. The number of carbonyl (C=O) groups excluding carboxylic acids is 1. The van der Waals surface area contributed by atoms with E-state index in [1.54, 1.807) is 0 Å².